The molecule has 1 aliphatic carbocycles. The average molecular weight is 758 g/mol. The summed E-state index contributed by atoms with van der Waals surface area (Å²) in [6.45, 7) is 2.07. The first kappa shape index (κ1) is 38.1. The molecule has 1 N–H and O–H groups in total. The number of hydrogen-bond acceptors (Lipinski definition) is 11. The third kappa shape index (κ3) is 8.32. The number of aromatic nitrogens is 4. The van der Waals surface area contributed by atoms with Crippen LogP contribution in [0.4, 0.5) is 5.82 Å². The van der Waals surface area contributed by atoms with Crippen LogP contribution >= 0.6 is 23.2 Å². The molecule has 270 valence electrons. The number of nitrogens with zero attached hydrogens (tertiary/aromatic N) is 6. The minimum absolute atomic E-state index is 0.0299. The van der Waals surface area contributed by atoms with E-state index >= 15 is 0 Å². The quantitative estimate of drug-likeness (QED) is 0.135. The van der Waals surface area contributed by atoms with Gasteiger partial charge in [0.2, 0.25) is 0 Å². The first-order chi connectivity index (χ1) is 24.4. The highest BCUT2D eigenvalue weighted by Gasteiger charge is 2.30. The molecule has 2 fully saturated rings. The average Bonchev–Trinajstić information content (AvgIpc) is 3.84. The zero-order valence-electron chi connectivity index (χ0n) is 28.3. The number of aliphatic hydroxyl groups is 1. The van der Waals surface area contributed by atoms with E-state index in [0.29, 0.717) is 41.8 Å². The fourth-order valence-corrected chi connectivity index (χ4v) is 7.88. The van der Waals surface area contributed by atoms with Crippen molar-refractivity contribution in [2.45, 2.75) is 75.5 Å². The van der Waals surface area contributed by atoms with E-state index in [1.54, 1.807) is 9.58 Å². The summed E-state index contributed by atoms with van der Waals surface area (Å²) in [7, 11) is -1.80. The highest BCUT2D eigenvalue weighted by Crippen LogP contribution is 2.35. The lowest BCUT2D eigenvalue weighted by Gasteiger charge is -2.18. The molecule has 1 aromatic carbocycles. The summed E-state index contributed by atoms with van der Waals surface area (Å²) in [6.07, 6.45) is 13.6. The maximum atomic E-state index is 12.2. The molecule has 3 aliphatic rings. The van der Waals surface area contributed by atoms with E-state index in [1.165, 1.54) is 18.3 Å². The van der Waals surface area contributed by atoms with Gasteiger partial charge in [-0.25, -0.2) is 8.42 Å². The van der Waals surface area contributed by atoms with Crippen LogP contribution < -0.4 is 4.90 Å². The van der Waals surface area contributed by atoms with Crippen molar-refractivity contribution in [3.63, 3.8) is 0 Å². The summed E-state index contributed by atoms with van der Waals surface area (Å²) >= 11 is 12.9. The van der Waals surface area contributed by atoms with Crippen molar-refractivity contribution in [3.8, 4) is 24.2 Å². The number of ketones is 2. The first-order valence-corrected chi connectivity index (χ1v) is 19.1. The van der Waals surface area contributed by atoms with E-state index in [0.717, 1.165) is 50.6 Å². The largest absolute Gasteiger partial charge is 0.506 e. The zero-order chi connectivity index (χ0) is 36.9. The van der Waals surface area contributed by atoms with Crippen LogP contribution in [0, 0.1) is 23.7 Å². The van der Waals surface area contributed by atoms with Crippen LogP contribution in [-0.2, 0) is 48.5 Å². The summed E-state index contributed by atoms with van der Waals surface area (Å²) < 4.78 is 39.0. The van der Waals surface area contributed by atoms with Gasteiger partial charge in [0.15, 0.2) is 33.0 Å². The Hall–Kier alpha value is -4.18. The van der Waals surface area contributed by atoms with E-state index in [4.69, 9.17) is 39.1 Å². The van der Waals surface area contributed by atoms with Crippen molar-refractivity contribution >= 4 is 56.2 Å². The molecule has 6 rings (SSSR count). The monoisotopic (exact) mass is 756 g/mol. The topological polar surface area (TPSA) is 170 Å². The highest BCUT2D eigenvalue weighted by molar-refractivity contribution is 7.90. The van der Waals surface area contributed by atoms with E-state index in [9.17, 15) is 28.4 Å². The molecule has 0 radical (unpaired) electrons. The smallest absolute Gasteiger partial charge is 0.196 e. The van der Waals surface area contributed by atoms with Crippen molar-refractivity contribution in [2.75, 3.05) is 38.0 Å². The summed E-state index contributed by atoms with van der Waals surface area (Å²) in [4.78, 5) is 26.1. The molecule has 1 saturated heterocycles. The Labute approximate surface area is 306 Å². The van der Waals surface area contributed by atoms with Crippen LogP contribution in [-0.4, -0.2) is 83.8 Å². The van der Waals surface area contributed by atoms with E-state index < -0.39 is 27.2 Å². The second-order valence-corrected chi connectivity index (χ2v) is 15.2. The molecule has 1 saturated carbocycles. The molecule has 3 aromatic rings. The highest BCUT2D eigenvalue weighted by atomic mass is 35.5. The molecular weight excluding hydrogens is 719 g/mol. The molecule has 0 amide bonds. The van der Waals surface area contributed by atoms with Gasteiger partial charge in [0.05, 0.1) is 47.7 Å². The van der Waals surface area contributed by atoms with Gasteiger partial charge >= 0.3 is 0 Å². The maximum absolute atomic E-state index is 12.2. The fraction of sp³-hybridized carbons (Fsp3) is 0.457. The van der Waals surface area contributed by atoms with E-state index in [-0.39, 0.29) is 58.8 Å². The standard InChI is InChI=1S/C20H23ClO7S.C15H15ClN6/c1-29(25,26)17-8-7-13(20(24)18-15(22)5-2-6-16(18)23)19(21)14(17)11-27-10-12-4-3-9-28-12;1-3-7-20(2)15-11(9-17)10-18-22(15)14-13(16)12-6-4-5-8-21(12)19-14/h7-8,12,24H,2-6,9-11H2,1H3;1,10H,4-8H2,2H3. The van der Waals surface area contributed by atoms with Crippen LogP contribution in [0.1, 0.15) is 67.3 Å². The van der Waals surface area contributed by atoms with Gasteiger partial charge in [-0.15, -0.1) is 6.42 Å². The molecule has 13 nitrogen and oxygen atoms in total. The molecule has 51 heavy (non-hydrogen) atoms. The van der Waals surface area contributed by atoms with Crippen LogP contribution in [0.25, 0.3) is 11.6 Å². The van der Waals surface area contributed by atoms with Crippen LogP contribution in [0.3, 0.4) is 0 Å². The predicted octanol–water partition coefficient (Wildman–Crippen LogP) is 5.03. The molecule has 16 heteroatoms. The Morgan fingerprint density at radius 3 is 2.53 bits per heavy atom. The number of nitriles is 1. The minimum atomic E-state index is -3.62. The Bertz CT molecular complexity index is 2030. The number of sulfone groups is 1. The summed E-state index contributed by atoms with van der Waals surface area (Å²) in [5, 5.41) is 29.3. The number of halogens is 2. The molecule has 2 aliphatic heterocycles. The first-order valence-electron chi connectivity index (χ1n) is 16.5. The Morgan fingerprint density at radius 2 is 1.90 bits per heavy atom. The second kappa shape index (κ2) is 16.4. The Balaban J connectivity index is 0.000000205. The number of Topliss-reactive ketones (excluding diaryl/α,β-unsaturated/α-hetero) is 2. The third-order valence-electron chi connectivity index (χ3n) is 8.80. The van der Waals surface area contributed by atoms with Crippen molar-refractivity contribution in [1.82, 2.24) is 19.6 Å². The van der Waals surface area contributed by atoms with Gasteiger partial charge in [0.1, 0.15) is 28.0 Å². The zero-order valence-corrected chi connectivity index (χ0v) is 30.7. The normalized spacial score (nSPS) is 17.3. The number of allylic oxidation sites excluding steroid dienone is 1. The molecule has 0 spiro atoms. The molecule has 0 bridgehead atoms. The van der Waals surface area contributed by atoms with Gasteiger partial charge in [-0.2, -0.15) is 20.1 Å². The van der Waals surface area contributed by atoms with Gasteiger partial charge in [0.25, 0.3) is 0 Å². The van der Waals surface area contributed by atoms with Gasteiger partial charge in [-0.05, 0) is 50.7 Å². The summed E-state index contributed by atoms with van der Waals surface area (Å²) in [5.41, 5.74) is 1.40. The van der Waals surface area contributed by atoms with Crippen molar-refractivity contribution < 1.29 is 32.6 Å². The maximum Gasteiger partial charge on any atom is 0.196 e. The number of fused-ring (bicyclic) bond motifs is 1. The Morgan fingerprint density at radius 1 is 1.16 bits per heavy atom. The number of hydrogen-bond donors (Lipinski definition) is 1. The lowest BCUT2D eigenvalue weighted by Crippen LogP contribution is -2.21. The molecule has 1 unspecified atom stereocenters. The van der Waals surface area contributed by atoms with Crippen molar-refractivity contribution in [2.24, 2.45) is 0 Å². The number of rotatable bonds is 9. The summed E-state index contributed by atoms with van der Waals surface area (Å²) in [5.74, 6) is 2.31. The number of terminal acetylenes is 1. The number of carbonyl (C=O) groups is 2. The number of carbonyl (C=O) groups excluding carboxylic acids is 2. The molecule has 4 heterocycles. The summed E-state index contributed by atoms with van der Waals surface area (Å²) in [6, 6.07) is 4.74. The molecule has 2 aromatic heterocycles. The lowest BCUT2D eigenvalue weighted by molar-refractivity contribution is -0.123. The second-order valence-electron chi connectivity index (χ2n) is 12.5. The Kier molecular flexibility index (Phi) is 12.3. The van der Waals surface area contributed by atoms with Gasteiger partial charge in [-0.3, -0.25) is 14.3 Å². The van der Waals surface area contributed by atoms with Gasteiger partial charge in [-0.1, -0.05) is 29.1 Å². The number of aliphatic hydroxyl groups excluding tert-OH is 1. The minimum Gasteiger partial charge on any atom is -0.506 e. The van der Waals surface area contributed by atoms with Gasteiger partial charge < -0.3 is 19.5 Å². The van der Waals surface area contributed by atoms with E-state index in [2.05, 4.69) is 22.2 Å². The third-order valence-corrected chi connectivity index (χ3v) is 10.8. The number of ether oxygens (including phenoxy) is 2. The number of benzene rings is 1. The SMILES string of the molecule is C#CCN(C)c1c(C#N)cnn1-c1nn2c(c1Cl)CCCC2.CS(=O)(=O)c1ccc(C(O)=C2C(=O)CCCC2=O)c(Cl)c1COCC1CCCO1. The molecule has 1 atom stereocenters. The van der Waals surface area contributed by atoms with Crippen LogP contribution in [0.15, 0.2) is 28.8 Å². The lowest BCUT2D eigenvalue weighted by atomic mass is 9.89. The van der Waals surface area contributed by atoms with Crippen molar-refractivity contribution in [1.29, 1.82) is 5.26 Å². The van der Waals surface area contributed by atoms with Gasteiger partial charge in [0, 0.05) is 50.4 Å². The predicted molar refractivity (Wildman–Crippen MR) is 191 cm³/mol. The number of aryl methyl sites for hydroxylation is 1. The fourth-order valence-electron chi connectivity index (χ4n) is 6.28. The van der Waals surface area contributed by atoms with Crippen LogP contribution in [0.2, 0.25) is 10.0 Å². The van der Waals surface area contributed by atoms with Crippen LogP contribution in [0.5, 0.6) is 0 Å². The molecular formula is C35H38Cl2N6O7S. The number of anilines is 1. The van der Waals surface area contributed by atoms with Crippen molar-refractivity contribution in [3.05, 3.63) is 56.3 Å². The van der Waals surface area contributed by atoms with E-state index in [1.807, 2.05) is 11.7 Å².